The molecule has 0 atom stereocenters. The van der Waals surface area contributed by atoms with Gasteiger partial charge in [0.15, 0.2) is 0 Å². The summed E-state index contributed by atoms with van der Waals surface area (Å²) in [5.74, 6) is 0. The van der Waals surface area contributed by atoms with Crippen LogP contribution in [0.3, 0.4) is 0 Å². The first-order valence-corrected chi connectivity index (χ1v) is 16.8. The van der Waals surface area contributed by atoms with E-state index in [0.717, 1.165) is 72.2 Å². The van der Waals surface area contributed by atoms with Gasteiger partial charge in [0.1, 0.15) is 11.1 Å². The van der Waals surface area contributed by atoms with Crippen LogP contribution in [0, 0.1) is 19.1 Å². The average Bonchev–Trinajstić information content (AvgIpc) is 3.55. The molecule has 0 bridgehead atoms. The van der Waals surface area contributed by atoms with E-state index in [4.69, 9.17) is 14.4 Å². The molecule has 4 aromatic heterocycles. The molecule has 4 heterocycles. The largest absolute Gasteiger partial charge is 0.498 e. The summed E-state index contributed by atoms with van der Waals surface area (Å²) in [6.07, 6.45) is 3.66. The average molecular weight is 838 g/mol. The Hall–Kier alpha value is -5.48. The molecule has 0 fully saturated rings. The van der Waals surface area contributed by atoms with Crippen molar-refractivity contribution in [3.63, 3.8) is 0 Å². The fourth-order valence-electron chi connectivity index (χ4n) is 6.38. The molecule has 0 N–H and O–H groups in total. The van der Waals surface area contributed by atoms with Gasteiger partial charge in [-0.05, 0) is 75.5 Å². The summed E-state index contributed by atoms with van der Waals surface area (Å²) in [5.41, 5.74) is 10.9. The predicted molar refractivity (Wildman–Crippen MR) is 206 cm³/mol. The Morgan fingerprint density at radius 3 is 2.14 bits per heavy atom. The van der Waals surface area contributed by atoms with Crippen molar-refractivity contribution in [2.24, 2.45) is 0 Å². The van der Waals surface area contributed by atoms with Crippen LogP contribution in [0.15, 0.2) is 144 Å². The van der Waals surface area contributed by atoms with Gasteiger partial charge in [0, 0.05) is 49.0 Å². The van der Waals surface area contributed by atoms with Crippen LogP contribution in [0.4, 0.5) is 0 Å². The maximum Gasteiger partial charge on any atom is 0.147 e. The maximum absolute atomic E-state index is 6.51. The number of furan rings is 1. The second-order valence-corrected chi connectivity index (χ2v) is 13.6. The number of hydrogen-bond donors (Lipinski definition) is 0. The Kier molecular flexibility index (Phi) is 9.35. The van der Waals surface area contributed by atoms with Gasteiger partial charge in [-0.15, -0.1) is 54.1 Å². The molecule has 0 saturated heterocycles. The van der Waals surface area contributed by atoms with E-state index in [2.05, 4.69) is 111 Å². The van der Waals surface area contributed by atoms with Gasteiger partial charge in [0.25, 0.3) is 0 Å². The van der Waals surface area contributed by atoms with Crippen LogP contribution in [-0.4, -0.2) is 15.0 Å². The molecular weight excluding hydrogens is 803 g/mol. The SMILES string of the molecule is Cc1ccc2ccc3c4cc[c-]c(-c5cc(-c6ccc7cc(C(C)(C)C)ccc7c6)ccn5)c4oc3c2n1.[Ir].[c-]1ccccc1-c1ccccn1. The van der Waals surface area contributed by atoms with Crippen LogP contribution in [0.1, 0.15) is 32.0 Å². The maximum atomic E-state index is 6.51. The van der Waals surface area contributed by atoms with E-state index in [1.165, 1.54) is 16.3 Å². The van der Waals surface area contributed by atoms with Gasteiger partial charge < -0.3 is 14.4 Å². The fraction of sp³-hybridized carbons (Fsp3) is 0.109. The molecule has 9 aromatic rings. The van der Waals surface area contributed by atoms with Crippen LogP contribution in [0.25, 0.3) is 77.3 Å². The van der Waals surface area contributed by atoms with E-state index in [1.54, 1.807) is 6.20 Å². The summed E-state index contributed by atoms with van der Waals surface area (Å²) in [6, 6.07) is 50.2. The minimum absolute atomic E-state index is 0. The standard InChI is InChI=1S/C35H27N2O.C11H8N.Ir/c1-21-8-9-22-13-15-29-28-6-5-7-30(33(28)38-34(29)32(22)37-21)31-20-26(16-17-36-31)23-10-11-25-19-27(35(2,3)4)14-12-24(25)18-23;1-2-6-10(7-3-1)11-8-4-5-9-12-11;/h5-6,8-20H,1-4H3;1-6,8-9H;/q2*-1;. The number of aryl methyl sites for hydroxylation is 1. The van der Waals surface area contributed by atoms with Gasteiger partial charge in [0.2, 0.25) is 0 Å². The second-order valence-electron chi connectivity index (χ2n) is 13.6. The second kappa shape index (κ2) is 14.0. The Morgan fingerprint density at radius 2 is 1.33 bits per heavy atom. The van der Waals surface area contributed by atoms with E-state index in [-0.39, 0.29) is 25.5 Å². The molecule has 0 aliphatic heterocycles. The fourth-order valence-corrected chi connectivity index (χ4v) is 6.38. The van der Waals surface area contributed by atoms with Crippen molar-refractivity contribution in [3.05, 3.63) is 163 Å². The minimum Gasteiger partial charge on any atom is -0.498 e. The quantitative estimate of drug-likeness (QED) is 0.166. The molecule has 0 unspecified atom stereocenters. The van der Waals surface area contributed by atoms with Crippen molar-refractivity contribution in [3.8, 4) is 33.6 Å². The molecule has 1 radical (unpaired) electrons. The normalized spacial score (nSPS) is 11.4. The zero-order valence-electron chi connectivity index (χ0n) is 28.9. The van der Waals surface area contributed by atoms with Crippen molar-refractivity contribution >= 4 is 43.6 Å². The van der Waals surface area contributed by atoms with Gasteiger partial charge in [-0.3, -0.25) is 0 Å². The number of hydrogen-bond acceptors (Lipinski definition) is 4. The smallest absolute Gasteiger partial charge is 0.147 e. The Morgan fingerprint density at radius 1 is 0.588 bits per heavy atom. The van der Waals surface area contributed by atoms with E-state index >= 15 is 0 Å². The van der Waals surface area contributed by atoms with Crippen molar-refractivity contribution in [1.82, 2.24) is 15.0 Å². The third kappa shape index (κ3) is 6.83. The molecule has 5 heteroatoms. The first kappa shape index (κ1) is 34.0. The third-order valence-corrected chi connectivity index (χ3v) is 9.10. The van der Waals surface area contributed by atoms with Crippen molar-refractivity contribution < 1.29 is 24.5 Å². The topological polar surface area (TPSA) is 51.8 Å². The molecule has 0 aliphatic carbocycles. The zero-order chi connectivity index (χ0) is 34.2. The number of rotatable bonds is 3. The van der Waals surface area contributed by atoms with E-state index in [1.807, 2.05) is 67.7 Å². The molecule has 0 amide bonds. The van der Waals surface area contributed by atoms with E-state index in [9.17, 15) is 0 Å². The number of nitrogens with zero attached hydrogens (tertiary/aromatic N) is 3. The molecule has 251 valence electrons. The molecule has 0 spiro atoms. The molecule has 0 saturated carbocycles. The Bertz CT molecular complexity index is 2600. The first-order chi connectivity index (χ1) is 24.3. The molecule has 5 aromatic carbocycles. The molecule has 9 rings (SSSR count). The third-order valence-electron chi connectivity index (χ3n) is 9.10. The summed E-state index contributed by atoms with van der Waals surface area (Å²) in [5, 5.41) is 5.66. The van der Waals surface area contributed by atoms with E-state index in [0.29, 0.717) is 0 Å². The van der Waals surface area contributed by atoms with Gasteiger partial charge >= 0.3 is 0 Å². The number of fused-ring (bicyclic) bond motifs is 6. The molecule has 4 nitrogen and oxygen atoms in total. The van der Waals surface area contributed by atoms with Crippen LogP contribution < -0.4 is 0 Å². The van der Waals surface area contributed by atoms with Gasteiger partial charge in [0.05, 0.1) is 5.58 Å². The Balaban J connectivity index is 0.000000265. The van der Waals surface area contributed by atoms with Crippen LogP contribution in [0.2, 0.25) is 0 Å². The van der Waals surface area contributed by atoms with Crippen molar-refractivity contribution in [1.29, 1.82) is 0 Å². The summed E-state index contributed by atoms with van der Waals surface area (Å²) in [7, 11) is 0. The Labute approximate surface area is 311 Å². The van der Waals surface area contributed by atoms with Crippen LogP contribution in [-0.2, 0) is 25.5 Å². The van der Waals surface area contributed by atoms with E-state index < -0.39 is 0 Å². The zero-order valence-corrected chi connectivity index (χ0v) is 31.3. The minimum atomic E-state index is 0. The number of benzene rings is 5. The predicted octanol–water partition coefficient (Wildman–Crippen LogP) is 12.0. The van der Waals surface area contributed by atoms with Gasteiger partial charge in [-0.2, -0.15) is 0 Å². The monoisotopic (exact) mass is 838 g/mol. The summed E-state index contributed by atoms with van der Waals surface area (Å²) in [4.78, 5) is 13.7. The molecular formula is C46H35IrN3O-2. The summed E-state index contributed by atoms with van der Waals surface area (Å²) in [6.45, 7) is 8.76. The van der Waals surface area contributed by atoms with Crippen LogP contribution in [0.5, 0.6) is 0 Å². The van der Waals surface area contributed by atoms with Crippen molar-refractivity contribution in [2.75, 3.05) is 0 Å². The van der Waals surface area contributed by atoms with Crippen molar-refractivity contribution in [2.45, 2.75) is 33.1 Å². The van der Waals surface area contributed by atoms with Gasteiger partial charge in [-0.1, -0.05) is 98.5 Å². The van der Waals surface area contributed by atoms with Crippen LogP contribution >= 0.6 is 0 Å². The molecule has 0 aliphatic rings. The number of pyridine rings is 3. The first-order valence-electron chi connectivity index (χ1n) is 16.8. The summed E-state index contributed by atoms with van der Waals surface area (Å²) >= 11 is 0. The number of aromatic nitrogens is 3. The summed E-state index contributed by atoms with van der Waals surface area (Å²) < 4.78 is 6.51. The molecule has 51 heavy (non-hydrogen) atoms. The van der Waals surface area contributed by atoms with Gasteiger partial charge in [-0.25, -0.2) is 4.98 Å².